The largest absolute Gasteiger partial charge is 0.489 e. The zero-order valence-corrected chi connectivity index (χ0v) is 17.8. The summed E-state index contributed by atoms with van der Waals surface area (Å²) in [4.78, 5) is 4.25. The number of benzene rings is 1. The Labute approximate surface area is 184 Å². The molecule has 30 heavy (non-hydrogen) atoms. The number of aromatic nitrogens is 3. The van der Waals surface area contributed by atoms with E-state index in [1.807, 2.05) is 23.1 Å². The molecule has 0 spiro atoms. The number of nitrogens with zero attached hydrogens (tertiary/aromatic N) is 3. The third kappa shape index (κ3) is 4.53. The van der Waals surface area contributed by atoms with Gasteiger partial charge in [-0.15, -0.1) is 0 Å². The highest BCUT2D eigenvalue weighted by Gasteiger charge is 2.17. The number of nitrogens with two attached hydrogens (primary N) is 1. The maximum Gasteiger partial charge on any atom is 0.166 e. The van der Waals surface area contributed by atoms with Gasteiger partial charge in [-0.05, 0) is 49.7 Å². The standard InChI is InChI=1S/C21H22Cl2FN5O/c22-17-1-2-18(24)20(23)16(17)5-8-30-19-9-13(10-27-21(19)25)14-11-28-29(12-14)15-3-6-26-7-4-15/h1-2,9-12,15,26H,3-8H2,(H2,25,27). The highest BCUT2D eigenvalue weighted by molar-refractivity contribution is 6.36. The van der Waals surface area contributed by atoms with Crippen LogP contribution in [0.15, 0.2) is 36.8 Å². The summed E-state index contributed by atoms with van der Waals surface area (Å²) in [7, 11) is 0. The lowest BCUT2D eigenvalue weighted by molar-refractivity contribution is 0.322. The van der Waals surface area contributed by atoms with Crippen molar-refractivity contribution in [2.45, 2.75) is 25.3 Å². The second kappa shape index (κ2) is 9.20. The Kier molecular flexibility index (Phi) is 6.41. The number of rotatable bonds is 6. The van der Waals surface area contributed by atoms with Crippen LogP contribution in [0.4, 0.5) is 10.2 Å². The molecule has 1 aliphatic heterocycles. The van der Waals surface area contributed by atoms with E-state index >= 15 is 0 Å². The van der Waals surface area contributed by atoms with E-state index in [1.54, 1.807) is 6.20 Å². The topological polar surface area (TPSA) is 78.0 Å². The lowest BCUT2D eigenvalue weighted by Gasteiger charge is -2.22. The zero-order chi connectivity index (χ0) is 21.1. The van der Waals surface area contributed by atoms with Crippen molar-refractivity contribution in [1.82, 2.24) is 20.1 Å². The van der Waals surface area contributed by atoms with Gasteiger partial charge in [0.05, 0.1) is 23.9 Å². The zero-order valence-electron chi connectivity index (χ0n) is 16.2. The second-order valence-corrected chi connectivity index (χ2v) is 8.00. The molecular weight excluding hydrogens is 428 g/mol. The van der Waals surface area contributed by atoms with E-state index in [9.17, 15) is 4.39 Å². The van der Waals surface area contributed by atoms with Crippen LogP contribution in [-0.4, -0.2) is 34.5 Å². The van der Waals surface area contributed by atoms with Crippen LogP contribution in [-0.2, 0) is 6.42 Å². The van der Waals surface area contributed by atoms with Gasteiger partial charge in [0.1, 0.15) is 5.82 Å². The summed E-state index contributed by atoms with van der Waals surface area (Å²) >= 11 is 12.1. The van der Waals surface area contributed by atoms with Gasteiger partial charge in [-0.25, -0.2) is 9.37 Å². The average molecular weight is 450 g/mol. The minimum atomic E-state index is -0.509. The first kappa shape index (κ1) is 20.9. The minimum absolute atomic E-state index is 0.0104. The van der Waals surface area contributed by atoms with Crippen LogP contribution in [0.1, 0.15) is 24.4 Å². The van der Waals surface area contributed by atoms with Gasteiger partial charge in [-0.3, -0.25) is 4.68 Å². The predicted molar refractivity (Wildman–Crippen MR) is 117 cm³/mol. The van der Waals surface area contributed by atoms with Crippen LogP contribution in [0.3, 0.4) is 0 Å². The monoisotopic (exact) mass is 449 g/mol. The number of nitrogen functional groups attached to an aromatic ring is 1. The van der Waals surface area contributed by atoms with Crippen molar-refractivity contribution in [1.29, 1.82) is 0 Å². The van der Waals surface area contributed by atoms with Crippen LogP contribution < -0.4 is 15.8 Å². The summed E-state index contributed by atoms with van der Waals surface area (Å²) in [6, 6.07) is 4.96. The Morgan fingerprint density at radius 1 is 1.20 bits per heavy atom. The third-order valence-corrected chi connectivity index (χ3v) is 6.01. The molecule has 1 saturated heterocycles. The first-order valence-electron chi connectivity index (χ1n) is 9.79. The highest BCUT2D eigenvalue weighted by Crippen LogP contribution is 2.30. The Bertz CT molecular complexity index is 1040. The van der Waals surface area contributed by atoms with Crippen molar-refractivity contribution in [3.8, 4) is 16.9 Å². The Morgan fingerprint density at radius 2 is 2.00 bits per heavy atom. The average Bonchev–Trinajstić information content (AvgIpc) is 3.25. The molecule has 0 atom stereocenters. The van der Waals surface area contributed by atoms with E-state index in [2.05, 4.69) is 15.4 Å². The second-order valence-electron chi connectivity index (χ2n) is 7.22. The van der Waals surface area contributed by atoms with Gasteiger partial charge < -0.3 is 15.8 Å². The van der Waals surface area contributed by atoms with Crippen molar-refractivity contribution >= 4 is 29.0 Å². The first-order valence-corrected chi connectivity index (χ1v) is 10.5. The molecule has 0 amide bonds. The van der Waals surface area contributed by atoms with E-state index in [4.69, 9.17) is 33.7 Å². The van der Waals surface area contributed by atoms with E-state index in [1.165, 1.54) is 12.1 Å². The fourth-order valence-electron chi connectivity index (χ4n) is 3.55. The minimum Gasteiger partial charge on any atom is -0.489 e. The maximum absolute atomic E-state index is 13.7. The van der Waals surface area contributed by atoms with Gasteiger partial charge in [0, 0.05) is 35.0 Å². The van der Waals surface area contributed by atoms with E-state index in [-0.39, 0.29) is 17.4 Å². The number of halogens is 3. The summed E-state index contributed by atoms with van der Waals surface area (Å²) in [6.45, 7) is 2.23. The number of anilines is 1. The van der Waals surface area contributed by atoms with Crippen LogP contribution in [0.5, 0.6) is 5.75 Å². The van der Waals surface area contributed by atoms with Crippen molar-refractivity contribution in [2.75, 3.05) is 25.4 Å². The quantitative estimate of drug-likeness (QED) is 0.540. The fourth-order valence-corrected chi connectivity index (χ4v) is 4.11. The smallest absolute Gasteiger partial charge is 0.166 e. The molecule has 0 saturated carbocycles. The molecule has 4 rings (SSSR count). The molecule has 6 nitrogen and oxygen atoms in total. The van der Waals surface area contributed by atoms with E-state index in [0.29, 0.717) is 28.8 Å². The molecule has 3 aromatic rings. The van der Waals surface area contributed by atoms with Gasteiger partial charge in [0.2, 0.25) is 0 Å². The lowest BCUT2D eigenvalue weighted by atomic mass is 10.1. The number of pyridine rings is 1. The molecule has 3 heterocycles. The van der Waals surface area contributed by atoms with Crippen molar-refractivity contribution in [3.63, 3.8) is 0 Å². The number of hydrogen-bond acceptors (Lipinski definition) is 5. The summed E-state index contributed by atoms with van der Waals surface area (Å²) in [5, 5.41) is 8.29. The molecular formula is C21H22Cl2FN5O. The Balaban J connectivity index is 1.46. The van der Waals surface area contributed by atoms with Gasteiger partial charge in [-0.1, -0.05) is 23.2 Å². The molecule has 0 bridgehead atoms. The van der Waals surface area contributed by atoms with Crippen molar-refractivity contribution in [3.05, 3.63) is 58.2 Å². The molecule has 0 aliphatic carbocycles. The molecule has 0 radical (unpaired) electrons. The number of piperidine rings is 1. The Morgan fingerprint density at radius 3 is 2.80 bits per heavy atom. The molecule has 1 fully saturated rings. The summed E-state index contributed by atoms with van der Waals surface area (Å²) in [6.07, 6.45) is 8.00. The van der Waals surface area contributed by atoms with Gasteiger partial charge >= 0.3 is 0 Å². The van der Waals surface area contributed by atoms with Crippen molar-refractivity contribution in [2.24, 2.45) is 0 Å². The Hall–Kier alpha value is -2.35. The first-order chi connectivity index (χ1) is 14.5. The van der Waals surface area contributed by atoms with Crippen LogP contribution in [0.2, 0.25) is 10.0 Å². The summed E-state index contributed by atoms with van der Waals surface area (Å²) in [5.74, 6) is 0.219. The van der Waals surface area contributed by atoms with Crippen LogP contribution in [0.25, 0.3) is 11.1 Å². The maximum atomic E-state index is 13.7. The number of hydrogen-bond donors (Lipinski definition) is 2. The molecule has 1 aromatic carbocycles. The van der Waals surface area contributed by atoms with Gasteiger partial charge in [0.25, 0.3) is 0 Å². The summed E-state index contributed by atoms with van der Waals surface area (Å²) < 4.78 is 21.5. The van der Waals surface area contributed by atoms with Crippen LogP contribution in [0, 0.1) is 5.82 Å². The molecule has 9 heteroatoms. The number of ether oxygens (including phenoxy) is 1. The van der Waals surface area contributed by atoms with E-state index in [0.717, 1.165) is 37.1 Å². The van der Waals surface area contributed by atoms with Crippen molar-refractivity contribution < 1.29 is 9.13 Å². The fraction of sp³-hybridized carbons (Fsp3) is 0.333. The SMILES string of the molecule is Nc1ncc(-c2cnn(C3CCNCC3)c2)cc1OCCc1c(Cl)ccc(F)c1Cl. The normalized spacial score (nSPS) is 14.8. The highest BCUT2D eigenvalue weighted by atomic mass is 35.5. The molecule has 1 aliphatic rings. The van der Waals surface area contributed by atoms with Gasteiger partial charge in [0.15, 0.2) is 11.6 Å². The molecule has 3 N–H and O–H groups in total. The third-order valence-electron chi connectivity index (χ3n) is 5.25. The molecule has 0 unspecified atom stereocenters. The lowest BCUT2D eigenvalue weighted by Crippen LogP contribution is -2.29. The molecule has 2 aromatic heterocycles. The van der Waals surface area contributed by atoms with Crippen LogP contribution >= 0.6 is 23.2 Å². The van der Waals surface area contributed by atoms with E-state index < -0.39 is 5.82 Å². The number of nitrogens with one attached hydrogen (secondary N) is 1. The summed E-state index contributed by atoms with van der Waals surface area (Å²) in [5.41, 5.74) is 8.29. The van der Waals surface area contributed by atoms with Gasteiger partial charge in [-0.2, -0.15) is 5.10 Å². The molecule has 158 valence electrons. The predicted octanol–water partition coefficient (Wildman–Crippen LogP) is 4.52.